The molecule has 326 valence electrons. The Morgan fingerprint density at radius 2 is 0.857 bits per heavy atom. The molecule has 1 spiro atoms. The van der Waals surface area contributed by atoms with Crippen LogP contribution in [0.3, 0.4) is 0 Å². The SMILES string of the molecule is c1ccc(-c2nc(-c3ccccc3)nc(-n3c4ccccc4c4cc(-c5ccc6c(c5)c5ccc7c(c5n6-c5ccccc5)-c5ccccc5C75c6ccccc6Oc6ccccc65)ccc43)n2)cc1. The molecule has 0 atom stereocenters. The van der Waals surface area contributed by atoms with Crippen LogP contribution in [0.1, 0.15) is 22.3 Å². The highest BCUT2D eigenvalue weighted by molar-refractivity contribution is 6.17. The molecule has 13 aromatic rings. The van der Waals surface area contributed by atoms with E-state index in [1.54, 1.807) is 0 Å². The van der Waals surface area contributed by atoms with Crippen LogP contribution in [-0.4, -0.2) is 24.1 Å². The molecule has 15 rings (SSSR count). The first-order chi connectivity index (χ1) is 34.7. The van der Waals surface area contributed by atoms with E-state index >= 15 is 0 Å². The van der Waals surface area contributed by atoms with Crippen LogP contribution in [0.25, 0.3) is 100 Å². The van der Waals surface area contributed by atoms with Gasteiger partial charge in [0.1, 0.15) is 11.5 Å². The normalized spacial score (nSPS) is 13.1. The quantitative estimate of drug-likeness (QED) is 0.173. The van der Waals surface area contributed by atoms with Gasteiger partial charge in [-0.05, 0) is 82.4 Å². The number of ether oxygens (including phenoxy) is 1. The maximum Gasteiger partial charge on any atom is 0.238 e. The van der Waals surface area contributed by atoms with Gasteiger partial charge in [-0.2, -0.15) is 9.97 Å². The summed E-state index contributed by atoms with van der Waals surface area (Å²) in [5.41, 5.74) is 16.4. The van der Waals surface area contributed by atoms with Gasteiger partial charge in [-0.3, -0.25) is 4.57 Å². The van der Waals surface area contributed by atoms with Crippen molar-refractivity contribution in [3.63, 3.8) is 0 Å². The molecule has 3 aromatic heterocycles. The molecule has 0 fully saturated rings. The summed E-state index contributed by atoms with van der Waals surface area (Å²) in [6, 6.07) is 84.4. The van der Waals surface area contributed by atoms with Crippen molar-refractivity contribution in [1.29, 1.82) is 0 Å². The summed E-state index contributed by atoms with van der Waals surface area (Å²) >= 11 is 0. The summed E-state index contributed by atoms with van der Waals surface area (Å²) in [7, 11) is 0. The molecule has 4 heterocycles. The third-order valence-corrected chi connectivity index (χ3v) is 14.6. The third kappa shape index (κ3) is 5.41. The zero-order chi connectivity index (χ0) is 45.9. The van der Waals surface area contributed by atoms with E-state index < -0.39 is 5.41 Å². The van der Waals surface area contributed by atoms with E-state index in [4.69, 9.17) is 19.7 Å². The minimum absolute atomic E-state index is 0.573. The molecule has 0 N–H and O–H groups in total. The number of benzene rings is 10. The molecule has 2 aliphatic rings. The second-order valence-electron chi connectivity index (χ2n) is 18.3. The van der Waals surface area contributed by atoms with Gasteiger partial charge in [-0.1, -0.05) is 182 Å². The topological polar surface area (TPSA) is 57.8 Å². The van der Waals surface area contributed by atoms with E-state index in [9.17, 15) is 0 Å². The highest BCUT2D eigenvalue weighted by Gasteiger charge is 2.51. The van der Waals surface area contributed by atoms with Crippen LogP contribution in [0.4, 0.5) is 0 Å². The van der Waals surface area contributed by atoms with Crippen molar-refractivity contribution < 1.29 is 4.74 Å². The Balaban J connectivity index is 0.955. The van der Waals surface area contributed by atoms with Gasteiger partial charge in [0.15, 0.2) is 11.6 Å². The first kappa shape index (κ1) is 38.7. The monoisotopic (exact) mass is 893 g/mol. The molecule has 0 amide bonds. The highest BCUT2D eigenvalue weighted by atomic mass is 16.5. The van der Waals surface area contributed by atoms with E-state index in [0.717, 1.165) is 77.9 Å². The molecule has 0 radical (unpaired) electrons. The van der Waals surface area contributed by atoms with Gasteiger partial charge >= 0.3 is 0 Å². The van der Waals surface area contributed by atoms with E-state index in [-0.39, 0.29) is 0 Å². The molecule has 1 aliphatic carbocycles. The van der Waals surface area contributed by atoms with E-state index in [2.05, 4.69) is 185 Å². The van der Waals surface area contributed by atoms with Gasteiger partial charge in [0.25, 0.3) is 0 Å². The molecule has 10 aromatic carbocycles. The predicted molar refractivity (Wildman–Crippen MR) is 282 cm³/mol. The van der Waals surface area contributed by atoms with Crippen molar-refractivity contribution in [3.05, 3.63) is 259 Å². The maximum absolute atomic E-state index is 6.68. The Bertz CT molecular complexity index is 4170. The van der Waals surface area contributed by atoms with Crippen LogP contribution in [0.15, 0.2) is 237 Å². The number of hydrogen-bond acceptors (Lipinski definition) is 4. The first-order valence-electron chi connectivity index (χ1n) is 23.8. The van der Waals surface area contributed by atoms with Crippen LogP contribution < -0.4 is 4.74 Å². The number of rotatable bonds is 5. The third-order valence-electron chi connectivity index (χ3n) is 14.6. The number of nitrogens with zero attached hydrogens (tertiary/aromatic N) is 5. The fraction of sp³-hybridized carbons (Fsp3) is 0.0156. The van der Waals surface area contributed by atoms with Crippen LogP contribution in [0.2, 0.25) is 0 Å². The first-order valence-corrected chi connectivity index (χ1v) is 23.8. The van der Waals surface area contributed by atoms with E-state index in [1.165, 1.54) is 38.5 Å². The average Bonchev–Trinajstić information content (AvgIpc) is 4.05. The number of para-hydroxylation sites is 4. The van der Waals surface area contributed by atoms with Crippen molar-refractivity contribution in [2.75, 3.05) is 0 Å². The molecule has 0 bridgehead atoms. The zero-order valence-corrected chi connectivity index (χ0v) is 37.7. The molecule has 70 heavy (non-hydrogen) atoms. The number of hydrogen-bond donors (Lipinski definition) is 0. The fourth-order valence-electron chi connectivity index (χ4n) is 11.7. The lowest BCUT2D eigenvalue weighted by molar-refractivity contribution is 0.436. The van der Waals surface area contributed by atoms with E-state index in [1.807, 2.05) is 60.7 Å². The van der Waals surface area contributed by atoms with Crippen molar-refractivity contribution in [1.82, 2.24) is 24.1 Å². The van der Waals surface area contributed by atoms with Gasteiger partial charge in [-0.15, -0.1) is 0 Å². The lowest BCUT2D eigenvalue weighted by atomic mass is 9.66. The standard InChI is InChI=1S/C64H39N5O/c1-4-18-40(19-5-1)61-65-62(41-20-6-2-7-21-41)67-63(66-61)69-54-29-15-11-24-45(54)48-38-42(33-37-56(48)69)43-32-36-55-49(39-43)46-34-35-53-59(60(46)68(55)44-22-8-3-9-23-44)47-25-10-12-26-50(47)64(53)51-27-13-16-30-57(51)70-58-31-17-14-28-52(58)64/h1-39H. The van der Waals surface area contributed by atoms with Gasteiger partial charge < -0.3 is 9.30 Å². The van der Waals surface area contributed by atoms with Crippen LogP contribution in [0.5, 0.6) is 11.5 Å². The predicted octanol–water partition coefficient (Wildman–Crippen LogP) is 15.5. The Kier molecular flexibility index (Phi) is 8.18. The number of aromatic nitrogens is 5. The Hall–Kier alpha value is -9.39. The van der Waals surface area contributed by atoms with Gasteiger partial charge in [0, 0.05) is 55.0 Å². The summed E-state index contributed by atoms with van der Waals surface area (Å²) in [6.45, 7) is 0. The molecule has 0 unspecified atom stereocenters. The van der Waals surface area contributed by atoms with Gasteiger partial charge in [0.2, 0.25) is 5.95 Å². The minimum Gasteiger partial charge on any atom is -0.457 e. The molecular formula is C64H39N5O. The summed E-state index contributed by atoms with van der Waals surface area (Å²) in [6.07, 6.45) is 0. The maximum atomic E-state index is 6.68. The molecule has 6 heteroatoms. The van der Waals surface area contributed by atoms with Gasteiger partial charge in [0.05, 0.1) is 27.5 Å². The van der Waals surface area contributed by atoms with E-state index in [0.29, 0.717) is 17.6 Å². The lowest BCUT2D eigenvalue weighted by Gasteiger charge is -2.39. The Morgan fingerprint density at radius 1 is 0.343 bits per heavy atom. The zero-order valence-electron chi connectivity index (χ0n) is 37.7. The average molecular weight is 894 g/mol. The molecule has 6 nitrogen and oxygen atoms in total. The molecule has 1 aliphatic heterocycles. The van der Waals surface area contributed by atoms with Crippen LogP contribution in [-0.2, 0) is 5.41 Å². The number of fused-ring (bicyclic) bond motifs is 16. The van der Waals surface area contributed by atoms with Crippen LogP contribution in [0, 0.1) is 0 Å². The second-order valence-corrected chi connectivity index (χ2v) is 18.3. The van der Waals surface area contributed by atoms with Crippen molar-refractivity contribution >= 4 is 43.6 Å². The second kappa shape index (κ2) is 14.8. The van der Waals surface area contributed by atoms with Crippen molar-refractivity contribution in [2.24, 2.45) is 0 Å². The van der Waals surface area contributed by atoms with Crippen LogP contribution >= 0.6 is 0 Å². The molecule has 0 saturated heterocycles. The largest absolute Gasteiger partial charge is 0.457 e. The Morgan fingerprint density at radius 3 is 1.51 bits per heavy atom. The minimum atomic E-state index is -0.573. The van der Waals surface area contributed by atoms with Crippen molar-refractivity contribution in [3.8, 4) is 68.2 Å². The summed E-state index contributed by atoms with van der Waals surface area (Å²) in [4.78, 5) is 15.3. The summed E-state index contributed by atoms with van der Waals surface area (Å²) < 4.78 is 11.4. The molecular weight excluding hydrogens is 855 g/mol. The summed E-state index contributed by atoms with van der Waals surface area (Å²) in [5.74, 6) is 3.60. The molecule has 0 saturated carbocycles. The Labute approximate surface area is 403 Å². The van der Waals surface area contributed by atoms with Gasteiger partial charge in [-0.25, -0.2) is 4.98 Å². The summed E-state index contributed by atoms with van der Waals surface area (Å²) in [5, 5.41) is 4.65. The smallest absolute Gasteiger partial charge is 0.238 e. The van der Waals surface area contributed by atoms with Crippen molar-refractivity contribution in [2.45, 2.75) is 5.41 Å². The fourth-order valence-corrected chi connectivity index (χ4v) is 11.7. The highest BCUT2D eigenvalue weighted by Crippen LogP contribution is 2.63. The lowest BCUT2D eigenvalue weighted by Crippen LogP contribution is -2.32.